The molecule has 5 N–H and O–H groups in total. The number of aldehydes is 1. The van der Waals surface area contributed by atoms with Gasteiger partial charge in [0.05, 0.1) is 0 Å². The van der Waals surface area contributed by atoms with Gasteiger partial charge in [0.1, 0.15) is 17.8 Å². The minimum atomic E-state index is -0.612. The molecule has 0 saturated carbocycles. The molecule has 0 fully saturated rings. The molecule has 0 atom stereocenters. The first-order valence-electron chi connectivity index (χ1n) is 6.34. The maximum Gasteiger partial charge on any atom is 0.200 e. The van der Waals surface area contributed by atoms with Crippen LogP contribution in [0, 0.1) is 0 Å². The zero-order valence-corrected chi connectivity index (χ0v) is 11.4. The van der Waals surface area contributed by atoms with Crippen molar-refractivity contribution in [2.75, 3.05) is 0 Å². The van der Waals surface area contributed by atoms with Gasteiger partial charge in [0, 0.05) is 17.2 Å². The molecule has 114 valence electrons. The molecular formula is C16H14O6. The predicted octanol–water partition coefficient (Wildman–Crippen LogP) is 2.04. The molecule has 0 heterocycles. The number of phenolic OH excluding ortho intramolecular Hbond substituents is 5. The van der Waals surface area contributed by atoms with E-state index in [4.69, 9.17) is 0 Å². The van der Waals surface area contributed by atoms with Crippen molar-refractivity contribution in [1.82, 2.24) is 0 Å². The number of benzene rings is 2. The Kier molecular flexibility index (Phi) is 4.22. The fraction of sp³-hybridized carbons (Fsp3) is 0.0625. The van der Waals surface area contributed by atoms with Gasteiger partial charge in [0.15, 0.2) is 17.2 Å². The summed E-state index contributed by atoms with van der Waals surface area (Å²) in [5.41, 5.74) is 0.898. The minimum absolute atomic E-state index is 0.125. The van der Waals surface area contributed by atoms with Crippen LogP contribution in [0.1, 0.15) is 11.1 Å². The van der Waals surface area contributed by atoms with E-state index in [9.17, 15) is 30.3 Å². The summed E-state index contributed by atoms with van der Waals surface area (Å²) in [7, 11) is 0. The molecule has 0 spiro atoms. The predicted molar refractivity (Wildman–Crippen MR) is 79.0 cm³/mol. The first kappa shape index (κ1) is 15.2. The van der Waals surface area contributed by atoms with E-state index in [1.807, 2.05) is 0 Å². The summed E-state index contributed by atoms with van der Waals surface area (Å²) in [6.07, 6.45) is 2.21. The van der Waals surface area contributed by atoms with Crippen LogP contribution in [-0.2, 0) is 11.2 Å². The zero-order valence-electron chi connectivity index (χ0n) is 11.4. The standard InChI is InChI=1S/C16H14O6/c17-8-10(12-4-3-11(18)7-13(12)19)2-1-9-5-14(20)16(22)15(21)6-9/h2-8,18-22H,1H2/b10-2-. The van der Waals surface area contributed by atoms with E-state index in [2.05, 4.69) is 0 Å². The smallest absolute Gasteiger partial charge is 0.200 e. The van der Waals surface area contributed by atoms with Gasteiger partial charge in [0.25, 0.3) is 0 Å². The van der Waals surface area contributed by atoms with Crippen LogP contribution in [0.25, 0.3) is 5.57 Å². The Hall–Kier alpha value is -3.15. The lowest BCUT2D eigenvalue weighted by molar-refractivity contribution is -0.103. The van der Waals surface area contributed by atoms with Crippen molar-refractivity contribution >= 4 is 11.9 Å². The number of rotatable bonds is 4. The third-order valence-corrected chi connectivity index (χ3v) is 3.11. The second kappa shape index (κ2) is 6.09. The molecule has 22 heavy (non-hydrogen) atoms. The zero-order chi connectivity index (χ0) is 16.3. The van der Waals surface area contributed by atoms with Crippen molar-refractivity contribution in [2.24, 2.45) is 0 Å². The molecule has 0 aliphatic rings. The van der Waals surface area contributed by atoms with E-state index in [0.717, 1.165) is 6.07 Å². The highest BCUT2D eigenvalue weighted by atomic mass is 16.3. The van der Waals surface area contributed by atoms with E-state index in [1.54, 1.807) is 0 Å². The monoisotopic (exact) mass is 302 g/mol. The Labute approximate surface area is 125 Å². The van der Waals surface area contributed by atoms with Gasteiger partial charge in [-0.15, -0.1) is 0 Å². The lowest BCUT2D eigenvalue weighted by atomic mass is 10.0. The highest BCUT2D eigenvalue weighted by molar-refractivity contribution is 6.08. The average Bonchev–Trinajstić information content (AvgIpc) is 2.47. The number of phenols is 5. The molecule has 6 nitrogen and oxygen atoms in total. The van der Waals surface area contributed by atoms with Crippen LogP contribution in [0.4, 0.5) is 0 Å². The molecule has 2 aromatic rings. The Balaban J connectivity index is 2.32. The number of aromatic hydroxyl groups is 5. The van der Waals surface area contributed by atoms with Crippen LogP contribution in [-0.4, -0.2) is 31.8 Å². The van der Waals surface area contributed by atoms with E-state index in [-0.39, 0.29) is 29.1 Å². The topological polar surface area (TPSA) is 118 Å². The van der Waals surface area contributed by atoms with E-state index < -0.39 is 17.2 Å². The van der Waals surface area contributed by atoms with Crippen molar-refractivity contribution in [2.45, 2.75) is 6.42 Å². The second-order valence-corrected chi connectivity index (χ2v) is 4.67. The van der Waals surface area contributed by atoms with Crippen LogP contribution < -0.4 is 0 Å². The number of allylic oxidation sites excluding steroid dienone is 2. The fourth-order valence-corrected chi connectivity index (χ4v) is 1.99. The highest BCUT2D eigenvalue weighted by Gasteiger charge is 2.10. The molecule has 0 unspecified atom stereocenters. The Morgan fingerprint density at radius 2 is 1.55 bits per heavy atom. The van der Waals surface area contributed by atoms with E-state index in [0.29, 0.717) is 11.8 Å². The van der Waals surface area contributed by atoms with Gasteiger partial charge in [0.2, 0.25) is 0 Å². The van der Waals surface area contributed by atoms with Crippen LogP contribution in [0.5, 0.6) is 28.7 Å². The third kappa shape index (κ3) is 3.12. The molecule has 0 amide bonds. The number of carbonyl (C=O) groups excluding carboxylic acids is 1. The molecule has 6 heteroatoms. The maximum absolute atomic E-state index is 11.2. The normalized spacial score (nSPS) is 11.4. The molecule has 0 radical (unpaired) electrons. The summed E-state index contributed by atoms with van der Waals surface area (Å²) in [6.45, 7) is 0. The van der Waals surface area contributed by atoms with Gasteiger partial charge < -0.3 is 25.5 Å². The molecule has 2 aromatic carbocycles. The largest absolute Gasteiger partial charge is 0.508 e. The van der Waals surface area contributed by atoms with Gasteiger partial charge in [-0.25, -0.2) is 0 Å². The second-order valence-electron chi connectivity index (χ2n) is 4.67. The summed E-state index contributed by atoms with van der Waals surface area (Å²) >= 11 is 0. The molecule has 0 bridgehead atoms. The summed E-state index contributed by atoms with van der Waals surface area (Å²) in [5, 5.41) is 47.1. The summed E-state index contributed by atoms with van der Waals surface area (Å²) < 4.78 is 0. The Morgan fingerprint density at radius 3 is 2.09 bits per heavy atom. The molecule has 0 aliphatic carbocycles. The molecule has 2 rings (SSSR count). The Bertz CT molecular complexity index is 725. The highest BCUT2D eigenvalue weighted by Crippen LogP contribution is 2.36. The van der Waals surface area contributed by atoms with E-state index in [1.165, 1.54) is 30.3 Å². The van der Waals surface area contributed by atoms with Crippen LogP contribution in [0.3, 0.4) is 0 Å². The fourth-order valence-electron chi connectivity index (χ4n) is 1.99. The van der Waals surface area contributed by atoms with Crippen molar-refractivity contribution < 1.29 is 30.3 Å². The summed E-state index contributed by atoms with van der Waals surface area (Å²) in [4.78, 5) is 11.2. The third-order valence-electron chi connectivity index (χ3n) is 3.11. The number of hydrogen-bond donors (Lipinski definition) is 5. The molecule has 0 saturated heterocycles. The van der Waals surface area contributed by atoms with Crippen molar-refractivity contribution in [3.63, 3.8) is 0 Å². The first-order valence-corrected chi connectivity index (χ1v) is 6.34. The van der Waals surface area contributed by atoms with Gasteiger partial charge >= 0.3 is 0 Å². The van der Waals surface area contributed by atoms with Gasteiger partial charge in [-0.3, -0.25) is 4.79 Å². The minimum Gasteiger partial charge on any atom is -0.508 e. The van der Waals surface area contributed by atoms with Crippen LogP contribution in [0.2, 0.25) is 0 Å². The number of carbonyl (C=O) groups is 1. The van der Waals surface area contributed by atoms with Gasteiger partial charge in [-0.1, -0.05) is 6.08 Å². The van der Waals surface area contributed by atoms with Crippen LogP contribution >= 0.6 is 0 Å². The lowest BCUT2D eigenvalue weighted by Crippen LogP contribution is -1.90. The van der Waals surface area contributed by atoms with Gasteiger partial charge in [-0.05, 0) is 36.2 Å². The van der Waals surface area contributed by atoms with E-state index >= 15 is 0 Å². The quantitative estimate of drug-likeness (QED) is 0.335. The SMILES string of the molecule is O=C/C(=C/Cc1cc(O)c(O)c(O)c1)c1ccc(O)cc1O. The lowest BCUT2D eigenvalue weighted by Gasteiger charge is -2.06. The van der Waals surface area contributed by atoms with Crippen LogP contribution in [0.15, 0.2) is 36.4 Å². The first-order chi connectivity index (χ1) is 10.4. The van der Waals surface area contributed by atoms with Crippen molar-refractivity contribution in [3.8, 4) is 28.7 Å². The Morgan fingerprint density at radius 1 is 0.909 bits per heavy atom. The molecular weight excluding hydrogens is 288 g/mol. The summed E-state index contributed by atoms with van der Waals surface area (Å²) in [5.74, 6) is -1.92. The molecule has 0 aromatic heterocycles. The summed E-state index contributed by atoms with van der Waals surface area (Å²) in [6, 6.07) is 6.36. The van der Waals surface area contributed by atoms with Gasteiger partial charge in [-0.2, -0.15) is 0 Å². The maximum atomic E-state index is 11.2. The average molecular weight is 302 g/mol. The van der Waals surface area contributed by atoms with Crippen molar-refractivity contribution in [3.05, 3.63) is 47.5 Å². The molecule has 0 aliphatic heterocycles. The number of hydrogen-bond acceptors (Lipinski definition) is 6. The van der Waals surface area contributed by atoms with Crippen molar-refractivity contribution in [1.29, 1.82) is 0 Å².